The number of hydrogen-bond donors (Lipinski definition) is 0. The van der Waals surface area contributed by atoms with Crippen LogP contribution < -0.4 is 4.74 Å². The lowest BCUT2D eigenvalue weighted by atomic mass is 9.90. The molecule has 2 saturated heterocycles. The zero-order chi connectivity index (χ0) is 24.0. The van der Waals surface area contributed by atoms with Crippen molar-refractivity contribution in [2.45, 2.75) is 52.9 Å². The third kappa shape index (κ3) is 6.71. The summed E-state index contributed by atoms with van der Waals surface area (Å²) in [6.45, 7) is 9.69. The Kier molecular flexibility index (Phi) is 8.38. The van der Waals surface area contributed by atoms with Gasteiger partial charge in [-0.05, 0) is 43.4 Å². The van der Waals surface area contributed by atoms with Gasteiger partial charge in [-0.3, -0.25) is 14.4 Å². The van der Waals surface area contributed by atoms with E-state index in [0.717, 1.165) is 30.6 Å². The lowest BCUT2D eigenvalue weighted by molar-refractivity contribution is -0.145. The SMILES string of the molecule is COc1ccc(CCC(=O)N2CCCN(C(=O)C3CCN(C(=O)C(C)(C)C)CC3)CC2)cc1. The molecule has 2 fully saturated rings. The number of likely N-dealkylation sites (tertiary alicyclic amines) is 1. The Hall–Kier alpha value is -2.57. The minimum Gasteiger partial charge on any atom is -0.497 e. The molecule has 0 atom stereocenters. The number of piperidine rings is 1. The Balaban J connectivity index is 1.45. The molecule has 0 unspecified atom stereocenters. The highest BCUT2D eigenvalue weighted by atomic mass is 16.5. The van der Waals surface area contributed by atoms with Crippen LogP contribution in [0, 0.1) is 11.3 Å². The number of ether oxygens (including phenoxy) is 1. The summed E-state index contributed by atoms with van der Waals surface area (Å²) < 4.78 is 5.18. The summed E-state index contributed by atoms with van der Waals surface area (Å²) in [5.74, 6) is 1.28. The summed E-state index contributed by atoms with van der Waals surface area (Å²) in [6.07, 6.45) is 3.43. The topological polar surface area (TPSA) is 70.2 Å². The second-order valence-corrected chi connectivity index (χ2v) is 10.2. The van der Waals surface area contributed by atoms with Crippen LogP contribution in [0.3, 0.4) is 0 Å². The molecule has 1 aromatic carbocycles. The molecule has 33 heavy (non-hydrogen) atoms. The second kappa shape index (κ2) is 11.0. The van der Waals surface area contributed by atoms with Crippen molar-refractivity contribution in [3.8, 4) is 5.75 Å². The third-order valence-electron chi connectivity index (χ3n) is 6.72. The van der Waals surface area contributed by atoms with Gasteiger partial charge in [0.15, 0.2) is 0 Å². The molecule has 0 aromatic heterocycles. The summed E-state index contributed by atoms with van der Waals surface area (Å²) in [7, 11) is 1.64. The molecule has 0 aliphatic carbocycles. The van der Waals surface area contributed by atoms with Crippen molar-refractivity contribution < 1.29 is 19.1 Å². The van der Waals surface area contributed by atoms with Crippen molar-refractivity contribution in [2.75, 3.05) is 46.4 Å². The van der Waals surface area contributed by atoms with Crippen LogP contribution in [0.4, 0.5) is 0 Å². The summed E-state index contributed by atoms with van der Waals surface area (Å²) in [6, 6.07) is 7.82. The maximum absolute atomic E-state index is 13.1. The van der Waals surface area contributed by atoms with Gasteiger partial charge in [0.05, 0.1) is 7.11 Å². The first-order chi connectivity index (χ1) is 15.7. The van der Waals surface area contributed by atoms with Crippen molar-refractivity contribution in [1.29, 1.82) is 0 Å². The number of benzene rings is 1. The Bertz CT molecular complexity index is 823. The molecule has 1 aromatic rings. The standard InChI is InChI=1S/C26H39N3O4/c1-26(2,3)25(32)29-16-12-21(13-17-29)24(31)28-15-5-14-27(18-19-28)23(30)11-8-20-6-9-22(33-4)10-7-20/h6-7,9-10,21H,5,8,11-19H2,1-4H3. The Morgan fingerprint density at radius 1 is 0.879 bits per heavy atom. The zero-order valence-corrected chi connectivity index (χ0v) is 20.6. The predicted octanol–water partition coefficient (Wildman–Crippen LogP) is 2.97. The summed E-state index contributed by atoms with van der Waals surface area (Å²) >= 11 is 0. The van der Waals surface area contributed by atoms with Crippen LogP contribution in [-0.4, -0.2) is 78.8 Å². The molecule has 3 rings (SSSR count). The molecule has 0 spiro atoms. The van der Waals surface area contributed by atoms with E-state index < -0.39 is 0 Å². The normalized spacial score (nSPS) is 18.1. The molecule has 2 heterocycles. The maximum atomic E-state index is 13.1. The molecular weight excluding hydrogens is 418 g/mol. The van der Waals surface area contributed by atoms with E-state index >= 15 is 0 Å². The number of amides is 3. The van der Waals surface area contributed by atoms with Gasteiger partial charge in [0.25, 0.3) is 0 Å². The fraction of sp³-hybridized carbons (Fsp3) is 0.654. The van der Waals surface area contributed by atoms with Gasteiger partial charge >= 0.3 is 0 Å². The fourth-order valence-electron chi connectivity index (χ4n) is 4.65. The van der Waals surface area contributed by atoms with Crippen LogP contribution in [-0.2, 0) is 20.8 Å². The minimum atomic E-state index is -0.384. The lowest BCUT2D eigenvalue weighted by Crippen LogP contribution is -2.48. The molecule has 7 nitrogen and oxygen atoms in total. The number of carbonyl (C=O) groups excluding carboxylic acids is 3. The van der Waals surface area contributed by atoms with E-state index in [4.69, 9.17) is 4.74 Å². The number of nitrogens with zero attached hydrogens (tertiary/aromatic N) is 3. The molecule has 7 heteroatoms. The van der Waals surface area contributed by atoms with Gasteiger partial charge in [0.1, 0.15) is 5.75 Å². The maximum Gasteiger partial charge on any atom is 0.227 e. The number of rotatable bonds is 5. The quantitative estimate of drug-likeness (QED) is 0.682. The van der Waals surface area contributed by atoms with E-state index in [2.05, 4.69) is 0 Å². The first-order valence-electron chi connectivity index (χ1n) is 12.2. The van der Waals surface area contributed by atoms with E-state index in [1.165, 1.54) is 0 Å². The van der Waals surface area contributed by atoms with Gasteiger partial charge in [0, 0.05) is 57.0 Å². The van der Waals surface area contributed by atoms with Gasteiger partial charge < -0.3 is 19.4 Å². The Morgan fingerprint density at radius 2 is 1.48 bits per heavy atom. The van der Waals surface area contributed by atoms with Crippen molar-refractivity contribution >= 4 is 17.7 Å². The van der Waals surface area contributed by atoms with E-state index in [1.54, 1.807) is 7.11 Å². The number of hydrogen-bond acceptors (Lipinski definition) is 4. The van der Waals surface area contributed by atoms with Crippen molar-refractivity contribution in [3.63, 3.8) is 0 Å². The van der Waals surface area contributed by atoms with Gasteiger partial charge in [-0.2, -0.15) is 0 Å². The molecule has 0 N–H and O–H groups in total. The van der Waals surface area contributed by atoms with Crippen molar-refractivity contribution in [1.82, 2.24) is 14.7 Å². The zero-order valence-electron chi connectivity index (χ0n) is 20.6. The van der Waals surface area contributed by atoms with Gasteiger partial charge in [-0.15, -0.1) is 0 Å². The van der Waals surface area contributed by atoms with Crippen LogP contribution in [0.25, 0.3) is 0 Å². The van der Waals surface area contributed by atoms with Gasteiger partial charge in [-0.25, -0.2) is 0 Å². The molecule has 2 aliphatic rings. The van der Waals surface area contributed by atoms with E-state index in [0.29, 0.717) is 52.1 Å². The van der Waals surface area contributed by atoms with Crippen LogP contribution in [0.15, 0.2) is 24.3 Å². The molecular formula is C26H39N3O4. The second-order valence-electron chi connectivity index (χ2n) is 10.2. The first kappa shape index (κ1) is 25.1. The monoisotopic (exact) mass is 457 g/mol. The van der Waals surface area contributed by atoms with Gasteiger partial charge in [-0.1, -0.05) is 32.9 Å². The smallest absolute Gasteiger partial charge is 0.227 e. The Labute approximate surface area is 198 Å². The van der Waals surface area contributed by atoms with E-state index in [9.17, 15) is 14.4 Å². The summed E-state index contributed by atoms with van der Waals surface area (Å²) in [4.78, 5) is 44.1. The van der Waals surface area contributed by atoms with E-state index in [-0.39, 0.29) is 29.1 Å². The highest BCUT2D eigenvalue weighted by Crippen LogP contribution is 2.25. The lowest BCUT2D eigenvalue weighted by Gasteiger charge is -2.36. The third-order valence-corrected chi connectivity index (χ3v) is 6.72. The predicted molar refractivity (Wildman–Crippen MR) is 128 cm³/mol. The number of aryl methyl sites for hydroxylation is 1. The summed E-state index contributed by atoms with van der Waals surface area (Å²) in [5, 5.41) is 0. The van der Waals surface area contributed by atoms with Crippen LogP contribution in [0.5, 0.6) is 5.75 Å². The van der Waals surface area contributed by atoms with Crippen molar-refractivity contribution in [2.24, 2.45) is 11.3 Å². The highest BCUT2D eigenvalue weighted by Gasteiger charge is 2.34. The molecule has 2 aliphatic heterocycles. The molecule has 0 bridgehead atoms. The number of carbonyl (C=O) groups is 3. The fourth-order valence-corrected chi connectivity index (χ4v) is 4.65. The molecule has 3 amide bonds. The average molecular weight is 458 g/mol. The van der Waals surface area contributed by atoms with E-state index in [1.807, 2.05) is 59.7 Å². The highest BCUT2D eigenvalue weighted by molar-refractivity contribution is 5.83. The van der Waals surface area contributed by atoms with Crippen LogP contribution in [0.1, 0.15) is 52.0 Å². The molecule has 182 valence electrons. The van der Waals surface area contributed by atoms with Crippen LogP contribution in [0.2, 0.25) is 0 Å². The largest absolute Gasteiger partial charge is 0.497 e. The van der Waals surface area contributed by atoms with Crippen LogP contribution >= 0.6 is 0 Å². The number of methoxy groups -OCH3 is 1. The minimum absolute atomic E-state index is 0.0219. The summed E-state index contributed by atoms with van der Waals surface area (Å²) in [5.41, 5.74) is 0.734. The molecule has 0 saturated carbocycles. The average Bonchev–Trinajstić information content (AvgIpc) is 3.08. The van der Waals surface area contributed by atoms with Crippen molar-refractivity contribution in [3.05, 3.63) is 29.8 Å². The molecule has 0 radical (unpaired) electrons. The Morgan fingerprint density at radius 3 is 2.09 bits per heavy atom. The van der Waals surface area contributed by atoms with Gasteiger partial charge in [0.2, 0.25) is 17.7 Å². The first-order valence-corrected chi connectivity index (χ1v) is 12.2.